The van der Waals surface area contributed by atoms with Gasteiger partial charge in [0.2, 0.25) is 11.8 Å². The SMILES string of the molecule is CC(C)(C)C(=O)NCC(=O)N1CCN(Cc2cccc(C(F)(F)F)c2)CC1. The van der Waals surface area contributed by atoms with E-state index < -0.39 is 17.2 Å². The zero-order valence-corrected chi connectivity index (χ0v) is 15.9. The largest absolute Gasteiger partial charge is 0.416 e. The average molecular weight is 385 g/mol. The minimum Gasteiger partial charge on any atom is -0.347 e. The first kappa shape index (κ1) is 21.2. The van der Waals surface area contributed by atoms with Crippen LogP contribution in [0.1, 0.15) is 31.9 Å². The highest BCUT2D eigenvalue weighted by Crippen LogP contribution is 2.29. The monoisotopic (exact) mass is 385 g/mol. The fraction of sp³-hybridized carbons (Fsp3) is 0.579. The number of carbonyl (C=O) groups is 2. The van der Waals surface area contributed by atoms with Gasteiger partial charge in [-0.15, -0.1) is 0 Å². The Morgan fingerprint density at radius 2 is 1.70 bits per heavy atom. The van der Waals surface area contributed by atoms with Crippen LogP contribution in [0.15, 0.2) is 24.3 Å². The molecule has 27 heavy (non-hydrogen) atoms. The number of halogens is 3. The highest BCUT2D eigenvalue weighted by atomic mass is 19.4. The average Bonchev–Trinajstić information content (AvgIpc) is 2.58. The quantitative estimate of drug-likeness (QED) is 0.867. The molecule has 0 bridgehead atoms. The molecular weight excluding hydrogens is 359 g/mol. The molecule has 2 amide bonds. The van der Waals surface area contributed by atoms with E-state index in [0.29, 0.717) is 38.3 Å². The van der Waals surface area contributed by atoms with E-state index in [1.54, 1.807) is 31.7 Å². The first-order chi connectivity index (χ1) is 12.5. The number of amides is 2. The molecule has 150 valence electrons. The van der Waals surface area contributed by atoms with Gasteiger partial charge in [-0.3, -0.25) is 14.5 Å². The molecule has 0 atom stereocenters. The van der Waals surface area contributed by atoms with Crippen LogP contribution in [-0.2, 0) is 22.3 Å². The second-order valence-electron chi connectivity index (χ2n) is 7.79. The van der Waals surface area contributed by atoms with Crippen LogP contribution < -0.4 is 5.32 Å². The Hall–Kier alpha value is -2.09. The summed E-state index contributed by atoms with van der Waals surface area (Å²) in [6, 6.07) is 5.32. The van der Waals surface area contributed by atoms with Gasteiger partial charge in [-0.2, -0.15) is 13.2 Å². The second-order valence-corrected chi connectivity index (χ2v) is 7.79. The van der Waals surface area contributed by atoms with Crippen molar-refractivity contribution < 1.29 is 22.8 Å². The summed E-state index contributed by atoms with van der Waals surface area (Å²) in [6.07, 6.45) is -4.35. The third kappa shape index (κ3) is 6.23. The van der Waals surface area contributed by atoms with Crippen LogP contribution in [0.2, 0.25) is 0 Å². The Bertz CT molecular complexity index is 676. The van der Waals surface area contributed by atoms with E-state index in [4.69, 9.17) is 0 Å². The van der Waals surface area contributed by atoms with E-state index in [0.717, 1.165) is 6.07 Å². The molecule has 1 heterocycles. The molecule has 5 nitrogen and oxygen atoms in total. The summed E-state index contributed by atoms with van der Waals surface area (Å²) >= 11 is 0. The van der Waals surface area contributed by atoms with Crippen LogP contribution in [0.4, 0.5) is 13.2 Å². The number of hydrogen-bond donors (Lipinski definition) is 1. The molecule has 1 aliphatic heterocycles. The van der Waals surface area contributed by atoms with Crippen LogP contribution in [0.5, 0.6) is 0 Å². The molecule has 0 radical (unpaired) electrons. The molecule has 1 N–H and O–H groups in total. The van der Waals surface area contributed by atoms with Crippen molar-refractivity contribution in [1.29, 1.82) is 0 Å². The lowest BCUT2D eigenvalue weighted by Crippen LogP contribution is -2.51. The lowest BCUT2D eigenvalue weighted by atomic mass is 9.96. The van der Waals surface area contributed by atoms with Crippen LogP contribution >= 0.6 is 0 Å². The number of hydrogen-bond acceptors (Lipinski definition) is 3. The van der Waals surface area contributed by atoms with Gasteiger partial charge >= 0.3 is 6.18 Å². The summed E-state index contributed by atoms with van der Waals surface area (Å²) in [6.45, 7) is 7.84. The number of rotatable bonds is 4. The van der Waals surface area contributed by atoms with Crippen LogP contribution in [-0.4, -0.2) is 54.3 Å². The molecule has 0 aromatic heterocycles. The summed E-state index contributed by atoms with van der Waals surface area (Å²) < 4.78 is 38.4. The van der Waals surface area contributed by atoms with E-state index in [1.807, 2.05) is 4.90 Å². The summed E-state index contributed by atoms with van der Waals surface area (Å²) in [5.41, 5.74) is -0.602. The van der Waals surface area contributed by atoms with Crippen molar-refractivity contribution in [1.82, 2.24) is 15.1 Å². The topological polar surface area (TPSA) is 52.7 Å². The van der Waals surface area contributed by atoms with Crippen LogP contribution in [0.25, 0.3) is 0 Å². The third-order valence-corrected chi connectivity index (χ3v) is 4.47. The Morgan fingerprint density at radius 3 is 2.26 bits per heavy atom. The fourth-order valence-corrected chi connectivity index (χ4v) is 2.79. The van der Waals surface area contributed by atoms with Gasteiger partial charge in [0.1, 0.15) is 0 Å². The van der Waals surface area contributed by atoms with Crippen LogP contribution in [0, 0.1) is 5.41 Å². The maximum atomic E-state index is 12.8. The van der Waals surface area contributed by atoms with Gasteiger partial charge in [0.25, 0.3) is 0 Å². The Labute approximate surface area is 157 Å². The lowest BCUT2D eigenvalue weighted by molar-refractivity contribution is -0.137. The van der Waals surface area contributed by atoms with E-state index in [-0.39, 0.29) is 18.4 Å². The van der Waals surface area contributed by atoms with Crippen molar-refractivity contribution in [2.45, 2.75) is 33.5 Å². The minimum absolute atomic E-state index is 0.0380. The smallest absolute Gasteiger partial charge is 0.347 e. The molecule has 0 unspecified atom stereocenters. The van der Waals surface area contributed by atoms with Gasteiger partial charge < -0.3 is 10.2 Å². The van der Waals surface area contributed by atoms with Crippen molar-refractivity contribution >= 4 is 11.8 Å². The van der Waals surface area contributed by atoms with Crippen LogP contribution in [0.3, 0.4) is 0 Å². The summed E-state index contributed by atoms with van der Waals surface area (Å²) in [5.74, 6) is -0.328. The standard InChI is InChI=1S/C19H26F3N3O2/c1-18(2,3)17(27)23-12-16(26)25-9-7-24(8-10-25)13-14-5-4-6-15(11-14)19(20,21)22/h4-6,11H,7-10,12-13H2,1-3H3,(H,23,27). The van der Waals surface area contributed by atoms with Crippen molar-refractivity contribution in [3.05, 3.63) is 35.4 Å². The van der Waals surface area contributed by atoms with Crippen molar-refractivity contribution in [2.24, 2.45) is 5.41 Å². The number of carbonyl (C=O) groups excluding carboxylic acids is 2. The maximum Gasteiger partial charge on any atom is 0.416 e. The molecule has 1 aliphatic rings. The van der Waals surface area contributed by atoms with Crippen molar-refractivity contribution in [2.75, 3.05) is 32.7 Å². The lowest BCUT2D eigenvalue weighted by Gasteiger charge is -2.35. The van der Waals surface area contributed by atoms with Gasteiger partial charge in [-0.1, -0.05) is 39.0 Å². The summed E-state index contributed by atoms with van der Waals surface area (Å²) in [5, 5.41) is 2.64. The maximum absolute atomic E-state index is 12.8. The van der Waals surface area contributed by atoms with E-state index in [1.165, 1.54) is 12.1 Å². The highest BCUT2D eigenvalue weighted by molar-refractivity contribution is 5.87. The van der Waals surface area contributed by atoms with Crippen molar-refractivity contribution in [3.63, 3.8) is 0 Å². The highest BCUT2D eigenvalue weighted by Gasteiger charge is 2.30. The normalized spacial score (nSPS) is 16.3. The number of nitrogens with zero attached hydrogens (tertiary/aromatic N) is 2. The number of nitrogens with one attached hydrogen (secondary N) is 1. The molecule has 0 saturated carbocycles. The number of piperazine rings is 1. The van der Waals surface area contributed by atoms with Gasteiger partial charge in [-0.05, 0) is 11.6 Å². The molecule has 8 heteroatoms. The first-order valence-electron chi connectivity index (χ1n) is 8.91. The summed E-state index contributed by atoms with van der Waals surface area (Å²) in [7, 11) is 0. The molecular formula is C19H26F3N3O2. The Kier molecular flexibility index (Phi) is 6.51. The molecule has 1 fully saturated rings. The molecule has 0 aliphatic carbocycles. The zero-order valence-electron chi connectivity index (χ0n) is 15.9. The molecule has 1 aromatic rings. The van der Waals surface area contributed by atoms with Gasteiger partial charge in [0.05, 0.1) is 12.1 Å². The minimum atomic E-state index is -4.35. The van der Waals surface area contributed by atoms with Crippen molar-refractivity contribution in [3.8, 4) is 0 Å². The molecule has 2 rings (SSSR count). The first-order valence-corrected chi connectivity index (χ1v) is 8.91. The summed E-state index contributed by atoms with van der Waals surface area (Å²) in [4.78, 5) is 27.7. The van der Waals surface area contributed by atoms with E-state index >= 15 is 0 Å². The van der Waals surface area contributed by atoms with E-state index in [9.17, 15) is 22.8 Å². The third-order valence-electron chi connectivity index (χ3n) is 4.47. The second kappa shape index (κ2) is 8.29. The Morgan fingerprint density at radius 1 is 1.07 bits per heavy atom. The molecule has 0 spiro atoms. The zero-order chi connectivity index (χ0) is 20.2. The van der Waals surface area contributed by atoms with Gasteiger partial charge in [0.15, 0.2) is 0 Å². The number of benzene rings is 1. The number of alkyl halides is 3. The predicted molar refractivity (Wildman–Crippen MR) is 95.8 cm³/mol. The Balaban J connectivity index is 1.82. The predicted octanol–water partition coefficient (Wildman–Crippen LogP) is 2.51. The molecule has 1 aromatic carbocycles. The van der Waals surface area contributed by atoms with Gasteiger partial charge in [-0.25, -0.2) is 0 Å². The fourth-order valence-electron chi connectivity index (χ4n) is 2.79. The van der Waals surface area contributed by atoms with Gasteiger partial charge in [0, 0.05) is 38.1 Å². The van der Waals surface area contributed by atoms with E-state index in [2.05, 4.69) is 5.32 Å². The molecule has 1 saturated heterocycles.